The summed E-state index contributed by atoms with van der Waals surface area (Å²) < 4.78 is 54.5. The van der Waals surface area contributed by atoms with E-state index in [1.807, 2.05) is 0 Å². The summed E-state index contributed by atoms with van der Waals surface area (Å²) in [5, 5.41) is 11.0. The van der Waals surface area contributed by atoms with Crippen LogP contribution in [0.4, 0.5) is 17.6 Å². The van der Waals surface area contributed by atoms with Gasteiger partial charge < -0.3 is 0 Å². The molecule has 8 heteroatoms. The summed E-state index contributed by atoms with van der Waals surface area (Å²) in [5.41, 5.74) is 0.404. The van der Waals surface area contributed by atoms with Crippen LogP contribution in [0, 0.1) is 23.3 Å². The van der Waals surface area contributed by atoms with Crippen molar-refractivity contribution in [3.05, 3.63) is 76.6 Å². The van der Waals surface area contributed by atoms with E-state index < -0.39 is 23.3 Å². The van der Waals surface area contributed by atoms with Crippen LogP contribution in [0.3, 0.4) is 0 Å². The molecule has 0 atom stereocenters. The van der Waals surface area contributed by atoms with E-state index in [9.17, 15) is 17.6 Å². The van der Waals surface area contributed by atoms with E-state index in [2.05, 4.69) is 15.5 Å². The maximum atomic E-state index is 13.7. The van der Waals surface area contributed by atoms with Gasteiger partial charge in [0.15, 0.2) is 5.82 Å². The molecule has 0 aliphatic heterocycles. The van der Waals surface area contributed by atoms with Crippen LogP contribution in [-0.4, -0.2) is 20.2 Å². The topological polar surface area (TPSA) is 43.6 Å². The summed E-state index contributed by atoms with van der Waals surface area (Å²) in [4.78, 5) is 0. The van der Waals surface area contributed by atoms with Crippen molar-refractivity contribution in [3.63, 3.8) is 0 Å². The summed E-state index contributed by atoms with van der Waals surface area (Å²) in [6.45, 7) is -0.0305. The predicted octanol–water partition coefficient (Wildman–Crippen LogP) is 2.87. The molecule has 3 rings (SSSR count). The molecule has 4 nitrogen and oxygen atoms in total. The largest absolute Gasteiger partial charge is 0.225 e. The first-order chi connectivity index (χ1) is 11.0. The maximum Gasteiger partial charge on any atom is 0.156 e. The summed E-state index contributed by atoms with van der Waals surface area (Å²) in [5.74, 6) is -2.53. The number of hydrogen-bond acceptors (Lipinski definition) is 3. The summed E-state index contributed by atoms with van der Waals surface area (Å²) in [6, 6.07) is 6.37. The molecule has 0 fully saturated rings. The maximum absolute atomic E-state index is 13.7. The second-order valence-corrected chi connectivity index (χ2v) is 4.90. The van der Waals surface area contributed by atoms with Crippen molar-refractivity contribution in [2.45, 2.75) is 13.0 Å². The van der Waals surface area contributed by atoms with Crippen molar-refractivity contribution >= 4 is 0 Å². The van der Waals surface area contributed by atoms with Crippen LogP contribution < -0.4 is 0 Å². The van der Waals surface area contributed by atoms with Gasteiger partial charge in [0.2, 0.25) is 0 Å². The molecular weight excluding hydrogens is 312 g/mol. The summed E-state index contributed by atoms with van der Waals surface area (Å²) in [7, 11) is 0. The Balaban J connectivity index is 1.84. The fourth-order valence-corrected chi connectivity index (χ4v) is 2.12. The highest BCUT2D eigenvalue weighted by molar-refractivity contribution is 5.23. The van der Waals surface area contributed by atoms with Gasteiger partial charge in [0.1, 0.15) is 23.3 Å². The van der Waals surface area contributed by atoms with E-state index in [0.717, 1.165) is 24.3 Å². The van der Waals surface area contributed by atoms with Gasteiger partial charge in [-0.25, -0.2) is 22.2 Å². The van der Waals surface area contributed by atoms with Gasteiger partial charge in [0.25, 0.3) is 0 Å². The van der Waals surface area contributed by atoms with E-state index in [4.69, 9.17) is 0 Å². The van der Waals surface area contributed by atoms with Crippen LogP contribution in [-0.2, 0) is 13.0 Å². The third kappa shape index (κ3) is 3.36. The van der Waals surface area contributed by atoms with E-state index in [0.29, 0.717) is 0 Å². The number of rotatable bonds is 4. The SMILES string of the molecule is Fc1ccc(Cc2nnnn2Cc2ccc(F)cc2F)c(F)c1. The van der Waals surface area contributed by atoms with E-state index >= 15 is 0 Å². The van der Waals surface area contributed by atoms with Crippen molar-refractivity contribution in [1.29, 1.82) is 0 Å². The Morgan fingerprint density at radius 3 is 2.04 bits per heavy atom. The fourth-order valence-electron chi connectivity index (χ4n) is 2.12. The molecule has 3 aromatic rings. The normalized spacial score (nSPS) is 11.0. The van der Waals surface area contributed by atoms with E-state index in [1.54, 1.807) is 0 Å². The number of hydrogen-bond donors (Lipinski definition) is 0. The Morgan fingerprint density at radius 1 is 0.826 bits per heavy atom. The smallest absolute Gasteiger partial charge is 0.156 e. The van der Waals surface area contributed by atoms with Crippen LogP contribution in [0.5, 0.6) is 0 Å². The van der Waals surface area contributed by atoms with Gasteiger partial charge in [-0.05, 0) is 28.1 Å². The monoisotopic (exact) mass is 322 g/mol. The number of halogens is 4. The zero-order valence-electron chi connectivity index (χ0n) is 11.7. The van der Waals surface area contributed by atoms with Crippen LogP contribution in [0.1, 0.15) is 17.0 Å². The van der Waals surface area contributed by atoms with Gasteiger partial charge in [0.05, 0.1) is 6.54 Å². The number of aromatic nitrogens is 4. The van der Waals surface area contributed by atoms with Gasteiger partial charge in [-0.2, -0.15) is 0 Å². The Kier molecular flexibility index (Phi) is 4.05. The molecule has 1 heterocycles. The van der Waals surface area contributed by atoms with Crippen molar-refractivity contribution in [2.24, 2.45) is 0 Å². The Labute approximate surface area is 128 Å². The highest BCUT2D eigenvalue weighted by atomic mass is 19.1. The molecule has 0 amide bonds. The van der Waals surface area contributed by atoms with Crippen LogP contribution >= 0.6 is 0 Å². The standard InChI is InChI=1S/C15H10F4N4/c16-11-3-1-9(13(18)6-11)5-15-20-21-22-23(15)8-10-2-4-12(17)7-14(10)19/h1-4,6-7H,5,8H2. The van der Waals surface area contributed by atoms with Crippen molar-refractivity contribution in [1.82, 2.24) is 20.2 Å². The zero-order chi connectivity index (χ0) is 16.4. The highest BCUT2D eigenvalue weighted by Crippen LogP contribution is 2.15. The van der Waals surface area contributed by atoms with Gasteiger partial charge in [0, 0.05) is 24.1 Å². The van der Waals surface area contributed by atoms with Crippen molar-refractivity contribution in [2.75, 3.05) is 0 Å². The fraction of sp³-hybridized carbons (Fsp3) is 0.133. The average molecular weight is 322 g/mol. The third-order valence-corrected chi connectivity index (χ3v) is 3.30. The Hall–Kier alpha value is -2.77. The van der Waals surface area contributed by atoms with Gasteiger partial charge >= 0.3 is 0 Å². The summed E-state index contributed by atoms with van der Waals surface area (Å²) in [6.07, 6.45) is 0.0158. The van der Waals surface area contributed by atoms with Crippen molar-refractivity contribution < 1.29 is 17.6 Å². The second-order valence-electron chi connectivity index (χ2n) is 4.90. The lowest BCUT2D eigenvalue weighted by Crippen LogP contribution is -2.10. The minimum atomic E-state index is -0.723. The Morgan fingerprint density at radius 2 is 1.43 bits per heavy atom. The molecule has 0 saturated carbocycles. The molecule has 23 heavy (non-hydrogen) atoms. The molecule has 1 aromatic heterocycles. The molecule has 0 saturated heterocycles. The third-order valence-electron chi connectivity index (χ3n) is 3.30. The number of benzene rings is 2. The zero-order valence-corrected chi connectivity index (χ0v) is 11.7. The summed E-state index contributed by atoms with van der Waals surface area (Å²) >= 11 is 0. The van der Waals surface area contributed by atoms with Crippen LogP contribution in [0.15, 0.2) is 36.4 Å². The van der Waals surface area contributed by atoms with Crippen molar-refractivity contribution in [3.8, 4) is 0 Å². The molecule has 0 bridgehead atoms. The van der Waals surface area contributed by atoms with Gasteiger partial charge in [-0.3, -0.25) is 0 Å². The second kappa shape index (κ2) is 6.15. The van der Waals surface area contributed by atoms with Crippen LogP contribution in [0.25, 0.3) is 0 Å². The first-order valence-electron chi connectivity index (χ1n) is 6.66. The number of tetrazole rings is 1. The minimum absolute atomic E-state index is 0.0158. The van der Waals surface area contributed by atoms with E-state index in [-0.39, 0.29) is 29.9 Å². The lowest BCUT2D eigenvalue weighted by Gasteiger charge is -2.07. The first-order valence-corrected chi connectivity index (χ1v) is 6.66. The molecule has 0 N–H and O–H groups in total. The lowest BCUT2D eigenvalue weighted by atomic mass is 10.1. The average Bonchev–Trinajstić information content (AvgIpc) is 2.92. The van der Waals surface area contributed by atoms with Crippen LogP contribution in [0.2, 0.25) is 0 Å². The Bertz CT molecular complexity index is 779. The molecule has 0 aliphatic carbocycles. The molecule has 0 spiro atoms. The van der Waals surface area contributed by atoms with E-state index in [1.165, 1.54) is 16.8 Å². The molecule has 2 aromatic carbocycles. The highest BCUT2D eigenvalue weighted by Gasteiger charge is 2.13. The lowest BCUT2D eigenvalue weighted by molar-refractivity contribution is 0.546. The molecule has 0 unspecified atom stereocenters. The van der Waals surface area contributed by atoms with Gasteiger partial charge in [-0.15, -0.1) is 5.10 Å². The quantitative estimate of drug-likeness (QED) is 0.694. The predicted molar refractivity (Wildman–Crippen MR) is 72.4 cm³/mol. The minimum Gasteiger partial charge on any atom is -0.225 e. The molecule has 0 radical (unpaired) electrons. The molecular formula is C15H10F4N4. The first kappa shape index (κ1) is 15.1. The van der Waals surface area contributed by atoms with Gasteiger partial charge in [-0.1, -0.05) is 12.1 Å². The molecule has 0 aliphatic rings. The number of nitrogens with zero attached hydrogens (tertiary/aromatic N) is 4. The molecule has 118 valence electrons.